The molecule has 0 nitrogen and oxygen atoms in total. The van der Waals surface area contributed by atoms with Crippen molar-refractivity contribution in [1.29, 1.82) is 0 Å². The zero-order valence-corrected chi connectivity index (χ0v) is 31.9. The van der Waals surface area contributed by atoms with Crippen LogP contribution in [0.2, 0.25) is 0 Å². The Hall–Kier alpha value is -5.24. The number of benzene rings is 7. The summed E-state index contributed by atoms with van der Waals surface area (Å²) in [5, 5.41) is 2.69. The van der Waals surface area contributed by atoms with E-state index in [2.05, 4.69) is 158 Å². The number of fused-ring (bicyclic) bond motifs is 15. The second kappa shape index (κ2) is 12.7. The van der Waals surface area contributed by atoms with Crippen molar-refractivity contribution in [2.45, 2.75) is 62.2 Å². The zero-order valence-electron chi connectivity index (χ0n) is 31.1. The van der Waals surface area contributed by atoms with E-state index in [1.807, 2.05) is 11.3 Å². The molecular formula is C54H44S. The molecule has 12 rings (SSSR count). The van der Waals surface area contributed by atoms with Crippen molar-refractivity contribution in [3.05, 3.63) is 180 Å². The van der Waals surface area contributed by atoms with E-state index in [9.17, 15) is 0 Å². The van der Waals surface area contributed by atoms with Crippen molar-refractivity contribution in [2.75, 3.05) is 0 Å². The maximum atomic E-state index is 2.54. The summed E-state index contributed by atoms with van der Waals surface area (Å²) in [7, 11) is 0. The molecule has 7 aromatic carbocycles. The molecule has 4 aliphatic carbocycles. The summed E-state index contributed by atoms with van der Waals surface area (Å²) >= 11 is 1.94. The van der Waals surface area contributed by atoms with Crippen LogP contribution in [-0.4, -0.2) is 0 Å². The van der Waals surface area contributed by atoms with Crippen LogP contribution in [0.3, 0.4) is 0 Å². The molecule has 1 aromatic heterocycles. The van der Waals surface area contributed by atoms with E-state index in [1.54, 1.807) is 22.3 Å². The Balaban J connectivity index is 0.943. The molecule has 1 heteroatoms. The second-order valence-corrected chi connectivity index (χ2v) is 18.0. The summed E-state index contributed by atoms with van der Waals surface area (Å²) in [5.74, 6) is 4.26. The Labute approximate surface area is 328 Å². The van der Waals surface area contributed by atoms with Crippen LogP contribution in [0.1, 0.15) is 84.5 Å². The first-order valence-electron chi connectivity index (χ1n) is 20.7. The van der Waals surface area contributed by atoms with Crippen LogP contribution in [0.4, 0.5) is 0 Å². The minimum absolute atomic E-state index is 0.561. The van der Waals surface area contributed by atoms with Crippen LogP contribution in [0.15, 0.2) is 158 Å². The van der Waals surface area contributed by atoms with Gasteiger partial charge in [-0.3, -0.25) is 0 Å². The summed E-state index contributed by atoms with van der Waals surface area (Å²) in [5.41, 5.74) is 17.3. The number of thiophene rings is 1. The Bertz CT molecular complexity index is 2770. The molecule has 0 spiro atoms. The highest BCUT2D eigenvalue weighted by Crippen LogP contribution is 2.64. The summed E-state index contributed by atoms with van der Waals surface area (Å²) in [6, 6.07) is 60.4. The van der Waals surface area contributed by atoms with Crippen LogP contribution in [0.5, 0.6) is 0 Å². The quantitative estimate of drug-likeness (QED) is 0.170. The van der Waals surface area contributed by atoms with E-state index in [-0.39, 0.29) is 0 Å². The van der Waals surface area contributed by atoms with Gasteiger partial charge < -0.3 is 0 Å². The van der Waals surface area contributed by atoms with Gasteiger partial charge in [0.1, 0.15) is 0 Å². The third kappa shape index (κ3) is 4.95. The molecule has 266 valence electrons. The molecule has 6 unspecified atom stereocenters. The molecule has 0 aliphatic heterocycles. The van der Waals surface area contributed by atoms with Gasteiger partial charge in [-0.25, -0.2) is 0 Å². The van der Waals surface area contributed by atoms with E-state index >= 15 is 0 Å². The van der Waals surface area contributed by atoms with Gasteiger partial charge in [0.05, 0.1) is 0 Å². The third-order valence-corrected chi connectivity index (χ3v) is 15.7. The Morgan fingerprint density at radius 3 is 1.75 bits per heavy atom. The smallest absolute Gasteiger partial charge is 0.0434 e. The molecule has 8 aromatic rings. The summed E-state index contributed by atoms with van der Waals surface area (Å²) in [6.45, 7) is 0. The molecule has 0 N–H and O–H groups in total. The fourth-order valence-corrected chi connectivity index (χ4v) is 13.5. The van der Waals surface area contributed by atoms with E-state index in [4.69, 9.17) is 0 Å². The normalized spacial score (nSPS) is 23.6. The Morgan fingerprint density at radius 2 is 0.927 bits per heavy atom. The SMILES string of the molecule is c1ccc(-c2cccc3c2sc2c(-c4cccc(-c5ccc6c(c5)-c5ccccc5C5CC7C(CC65)c5ccccc5C5CCCCC57)c4)cccc23)cc1. The van der Waals surface area contributed by atoms with Gasteiger partial charge in [-0.2, -0.15) is 0 Å². The van der Waals surface area contributed by atoms with Gasteiger partial charge in [0.25, 0.3) is 0 Å². The van der Waals surface area contributed by atoms with Crippen molar-refractivity contribution in [2.24, 2.45) is 11.8 Å². The molecule has 0 radical (unpaired) electrons. The Morgan fingerprint density at radius 1 is 0.345 bits per heavy atom. The van der Waals surface area contributed by atoms with Gasteiger partial charge in [-0.05, 0) is 140 Å². The minimum atomic E-state index is 0.561. The molecule has 6 atom stereocenters. The van der Waals surface area contributed by atoms with Crippen molar-refractivity contribution < 1.29 is 0 Å². The summed E-state index contributed by atoms with van der Waals surface area (Å²) in [6.07, 6.45) is 8.23. The van der Waals surface area contributed by atoms with Crippen molar-refractivity contribution in [1.82, 2.24) is 0 Å². The molecule has 0 bridgehead atoms. The van der Waals surface area contributed by atoms with Gasteiger partial charge >= 0.3 is 0 Å². The summed E-state index contributed by atoms with van der Waals surface area (Å²) < 4.78 is 2.73. The fourth-order valence-electron chi connectivity index (χ4n) is 12.1. The van der Waals surface area contributed by atoms with Gasteiger partial charge in [0.15, 0.2) is 0 Å². The molecule has 2 saturated carbocycles. The van der Waals surface area contributed by atoms with E-state index in [0.717, 1.165) is 17.8 Å². The number of rotatable bonds is 3. The number of hydrogen-bond acceptors (Lipinski definition) is 1. The van der Waals surface area contributed by atoms with E-state index < -0.39 is 0 Å². The summed E-state index contributed by atoms with van der Waals surface area (Å²) in [4.78, 5) is 0. The first-order valence-corrected chi connectivity index (χ1v) is 21.5. The maximum absolute atomic E-state index is 2.54. The Kier molecular flexibility index (Phi) is 7.37. The highest BCUT2D eigenvalue weighted by Gasteiger charge is 2.50. The van der Waals surface area contributed by atoms with Crippen LogP contribution in [0.25, 0.3) is 64.7 Å². The standard InChI is InChI=1S/C54H44S/c1-2-13-33(14-3-1)37-23-11-25-46-47-26-12-24-38(54(47)55-53(37)46)36-16-10-15-34(29-36)35-27-28-45-48(30-35)43-21-8-9-22-44(43)51-31-49-41-19-6-4-17-39(41)40-18-5-7-20-42(40)50(49)32-52(45)51/h1-3,5,7-16,18,20-30,39,41,49-52H,4,6,17,19,31-32H2. The minimum Gasteiger partial charge on any atom is -0.134 e. The molecule has 0 amide bonds. The lowest BCUT2D eigenvalue weighted by Gasteiger charge is -2.54. The first kappa shape index (κ1) is 32.0. The lowest BCUT2D eigenvalue weighted by Crippen LogP contribution is -2.41. The van der Waals surface area contributed by atoms with Gasteiger partial charge in [-0.1, -0.05) is 158 Å². The fraction of sp³-hybridized carbons (Fsp3) is 0.222. The average molecular weight is 725 g/mol. The number of hydrogen-bond donors (Lipinski definition) is 0. The topological polar surface area (TPSA) is 0 Å². The van der Waals surface area contributed by atoms with Gasteiger partial charge in [0.2, 0.25) is 0 Å². The monoisotopic (exact) mass is 724 g/mol. The molecule has 0 saturated heterocycles. The van der Waals surface area contributed by atoms with Crippen LogP contribution in [-0.2, 0) is 0 Å². The first-order chi connectivity index (χ1) is 27.3. The van der Waals surface area contributed by atoms with Crippen molar-refractivity contribution >= 4 is 31.5 Å². The van der Waals surface area contributed by atoms with Crippen LogP contribution < -0.4 is 0 Å². The van der Waals surface area contributed by atoms with Crippen molar-refractivity contribution in [3.8, 4) is 44.5 Å². The third-order valence-electron chi connectivity index (χ3n) is 14.4. The predicted octanol–water partition coefficient (Wildman–Crippen LogP) is 15.4. The molecular weight excluding hydrogens is 681 g/mol. The second-order valence-electron chi connectivity index (χ2n) is 16.9. The van der Waals surface area contributed by atoms with Gasteiger partial charge in [-0.15, -0.1) is 11.3 Å². The van der Waals surface area contributed by atoms with Crippen LogP contribution >= 0.6 is 11.3 Å². The molecule has 1 heterocycles. The average Bonchev–Trinajstić information content (AvgIpc) is 3.66. The van der Waals surface area contributed by atoms with E-state index in [0.29, 0.717) is 17.8 Å². The largest absolute Gasteiger partial charge is 0.134 e. The lowest BCUT2D eigenvalue weighted by molar-refractivity contribution is 0.108. The predicted molar refractivity (Wildman–Crippen MR) is 233 cm³/mol. The van der Waals surface area contributed by atoms with E-state index in [1.165, 1.54) is 103 Å². The highest BCUT2D eigenvalue weighted by molar-refractivity contribution is 7.26. The van der Waals surface area contributed by atoms with Crippen molar-refractivity contribution in [3.63, 3.8) is 0 Å². The van der Waals surface area contributed by atoms with Crippen LogP contribution in [0, 0.1) is 11.8 Å². The maximum Gasteiger partial charge on any atom is 0.0434 e. The van der Waals surface area contributed by atoms with Gasteiger partial charge in [0, 0.05) is 20.2 Å². The lowest BCUT2D eigenvalue weighted by atomic mass is 9.50. The zero-order chi connectivity index (χ0) is 36.0. The molecule has 2 fully saturated rings. The highest BCUT2D eigenvalue weighted by atomic mass is 32.1. The molecule has 55 heavy (non-hydrogen) atoms. The molecule has 4 aliphatic rings.